The van der Waals surface area contributed by atoms with Gasteiger partial charge in [0.2, 0.25) is 0 Å². The molecule has 1 aromatic carbocycles. The molecule has 5 heteroatoms. The molecule has 2 aromatic rings. The van der Waals surface area contributed by atoms with E-state index in [1.165, 1.54) is 12.1 Å². The molecule has 1 aromatic heterocycles. The van der Waals surface area contributed by atoms with Gasteiger partial charge in [-0.3, -0.25) is 14.7 Å². The van der Waals surface area contributed by atoms with E-state index in [0.29, 0.717) is 24.8 Å². The largest absolute Gasteiger partial charge is 0.381 e. The Morgan fingerprint density at radius 3 is 2.46 bits per heavy atom. The van der Waals surface area contributed by atoms with E-state index in [9.17, 15) is 9.18 Å². The van der Waals surface area contributed by atoms with Crippen LogP contribution in [0.15, 0.2) is 48.7 Å². The Labute approximate surface area is 165 Å². The third-order valence-corrected chi connectivity index (χ3v) is 6.42. The number of rotatable bonds is 5. The molecule has 2 aliphatic rings. The van der Waals surface area contributed by atoms with Crippen molar-refractivity contribution in [3.8, 4) is 0 Å². The van der Waals surface area contributed by atoms with Crippen molar-refractivity contribution in [3.63, 3.8) is 0 Å². The standard InChI is InChI=1S/C23H27FN2O2/c24-20-6-4-18(5-7-20)17-26-13-8-19(9-14-26)23(10-15-28-16-11-23)22(27)21-3-1-2-12-25-21/h1-7,12,19H,8-11,13-17H2. The van der Waals surface area contributed by atoms with Crippen molar-refractivity contribution in [2.24, 2.45) is 11.3 Å². The molecule has 0 amide bonds. The average Bonchev–Trinajstić information content (AvgIpc) is 2.76. The minimum Gasteiger partial charge on any atom is -0.381 e. The predicted octanol–water partition coefficient (Wildman–Crippen LogP) is 4.11. The Hall–Kier alpha value is -2.11. The van der Waals surface area contributed by atoms with E-state index >= 15 is 0 Å². The first kappa shape index (κ1) is 19.2. The molecule has 2 fully saturated rings. The maximum Gasteiger partial charge on any atom is 0.187 e. The molecule has 0 bridgehead atoms. The molecule has 4 rings (SSSR count). The molecule has 0 aliphatic carbocycles. The van der Waals surface area contributed by atoms with E-state index in [4.69, 9.17) is 4.74 Å². The van der Waals surface area contributed by atoms with Gasteiger partial charge in [-0.25, -0.2) is 4.39 Å². The smallest absolute Gasteiger partial charge is 0.187 e. The zero-order valence-corrected chi connectivity index (χ0v) is 16.1. The van der Waals surface area contributed by atoms with Crippen molar-refractivity contribution < 1.29 is 13.9 Å². The summed E-state index contributed by atoms with van der Waals surface area (Å²) in [6, 6.07) is 12.3. The van der Waals surface area contributed by atoms with Crippen molar-refractivity contribution in [1.29, 1.82) is 0 Å². The normalized spacial score (nSPS) is 20.8. The fourth-order valence-electron chi connectivity index (χ4n) is 4.80. The lowest BCUT2D eigenvalue weighted by atomic mass is 9.63. The van der Waals surface area contributed by atoms with E-state index < -0.39 is 0 Å². The molecule has 2 saturated heterocycles. The fourth-order valence-corrected chi connectivity index (χ4v) is 4.80. The predicted molar refractivity (Wildman–Crippen MR) is 105 cm³/mol. The first-order valence-corrected chi connectivity index (χ1v) is 10.2. The number of Topliss-reactive ketones (excluding diaryl/α,β-unsaturated/α-hetero) is 1. The van der Waals surface area contributed by atoms with Gasteiger partial charge < -0.3 is 4.74 Å². The first-order chi connectivity index (χ1) is 13.7. The molecule has 0 N–H and O–H groups in total. The quantitative estimate of drug-likeness (QED) is 0.730. The number of pyridine rings is 1. The van der Waals surface area contributed by atoms with Gasteiger partial charge in [0, 0.05) is 31.4 Å². The minimum absolute atomic E-state index is 0.188. The van der Waals surface area contributed by atoms with Crippen LogP contribution in [-0.4, -0.2) is 42.0 Å². The number of ether oxygens (including phenoxy) is 1. The van der Waals surface area contributed by atoms with Crippen molar-refractivity contribution in [1.82, 2.24) is 9.88 Å². The number of piperidine rings is 1. The Morgan fingerprint density at radius 1 is 1.11 bits per heavy atom. The monoisotopic (exact) mass is 382 g/mol. The van der Waals surface area contributed by atoms with Gasteiger partial charge >= 0.3 is 0 Å². The summed E-state index contributed by atoms with van der Waals surface area (Å²) in [6.07, 6.45) is 5.27. The summed E-state index contributed by atoms with van der Waals surface area (Å²) in [5.41, 5.74) is 1.36. The maximum atomic E-state index is 13.5. The number of ketones is 1. The minimum atomic E-state index is -0.353. The third kappa shape index (κ3) is 4.01. The number of nitrogens with zero attached hydrogens (tertiary/aromatic N) is 2. The van der Waals surface area contributed by atoms with Gasteiger partial charge in [0.1, 0.15) is 11.5 Å². The summed E-state index contributed by atoms with van der Waals surface area (Å²) in [6.45, 7) is 4.04. The lowest BCUT2D eigenvalue weighted by molar-refractivity contribution is -0.0229. The van der Waals surface area contributed by atoms with Crippen molar-refractivity contribution in [3.05, 3.63) is 65.7 Å². The van der Waals surface area contributed by atoms with Crippen LogP contribution in [0.5, 0.6) is 0 Å². The highest BCUT2D eigenvalue weighted by Gasteiger charge is 2.47. The fraction of sp³-hybridized carbons (Fsp3) is 0.478. The van der Waals surface area contributed by atoms with E-state index in [-0.39, 0.29) is 17.0 Å². The molecule has 0 radical (unpaired) electrons. The number of aromatic nitrogens is 1. The number of hydrogen-bond acceptors (Lipinski definition) is 4. The Kier molecular flexibility index (Phi) is 5.83. The van der Waals surface area contributed by atoms with Gasteiger partial charge in [-0.1, -0.05) is 18.2 Å². The zero-order chi connectivity index (χ0) is 19.4. The maximum absolute atomic E-state index is 13.5. The molecule has 2 aliphatic heterocycles. The van der Waals surface area contributed by atoms with E-state index in [1.807, 2.05) is 30.3 Å². The number of hydrogen-bond donors (Lipinski definition) is 0. The number of carbonyl (C=O) groups is 1. The van der Waals surface area contributed by atoms with E-state index in [2.05, 4.69) is 9.88 Å². The summed E-state index contributed by atoms with van der Waals surface area (Å²) in [7, 11) is 0. The lowest BCUT2D eigenvalue weighted by Crippen LogP contribution is -2.48. The molecule has 148 valence electrons. The van der Waals surface area contributed by atoms with Gasteiger partial charge in [0.25, 0.3) is 0 Å². The number of benzene rings is 1. The highest BCUT2D eigenvalue weighted by Crippen LogP contribution is 2.45. The molecule has 0 saturated carbocycles. The molecule has 0 atom stereocenters. The van der Waals surface area contributed by atoms with Crippen LogP contribution in [0.2, 0.25) is 0 Å². The van der Waals surface area contributed by atoms with Gasteiger partial charge in [0.05, 0.1) is 0 Å². The van der Waals surface area contributed by atoms with Crippen LogP contribution in [0, 0.1) is 17.2 Å². The number of likely N-dealkylation sites (tertiary alicyclic amines) is 1. The van der Waals surface area contributed by atoms with Crippen LogP contribution in [-0.2, 0) is 11.3 Å². The summed E-state index contributed by atoms with van der Waals surface area (Å²) >= 11 is 0. The Morgan fingerprint density at radius 2 is 1.82 bits per heavy atom. The van der Waals surface area contributed by atoms with Gasteiger partial charge in [-0.05, 0) is 74.5 Å². The van der Waals surface area contributed by atoms with Crippen molar-refractivity contribution >= 4 is 5.78 Å². The third-order valence-electron chi connectivity index (χ3n) is 6.42. The van der Waals surface area contributed by atoms with E-state index in [1.54, 1.807) is 6.20 Å². The SMILES string of the molecule is O=C(c1ccccn1)C1(C2CCN(Cc3ccc(F)cc3)CC2)CCOCC1. The molecule has 4 nitrogen and oxygen atoms in total. The highest BCUT2D eigenvalue weighted by molar-refractivity contribution is 5.99. The molecule has 0 spiro atoms. The second-order valence-corrected chi connectivity index (χ2v) is 7.99. The topological polar surface area (TPSA) is 42.4 Å². The second kappa shape index (κ2) is 8.50. The molecule has 3 heterocycles. The van der Waals surface area contributed by atoms with Gasteiger partial charge in [-0.15, -0.1) is 0 Å². The summed E-state index contributed by atoms with van der Waals surface area (Å²) in [4.78, 5) is 20.2. The lowest BCUT2D eigenvalue weighted by Gasteiger charge is -2.45. The van der Waals surface area contributed by atoms with Crippen LogP contribution >= 0.6 is 0 Å². The van der Waals surface area contributed by atoms with Crippen LogP contribution < -0.4 is 0 Å². The van der Waals surface area contributed by atoms with Gasteiger partial charge in [0.15, 0.2) is 5.78 Å². The Balaban J connectivity index is 1.45. The molecule has 0 unspecified atom stereocenters. The average molecular weight is 382 g/mol. The summed E-state index contributed by atoms with van der Waals surface area (Å²) in [5.74, 6) is 0.348. The van der Waals surface area contributed by atoms with E-state index in [0.717, 1.165) is 50.9 Å². The Bertz CT molecular complexity index is 780. The van der Waals surface area contributed by atoms with Crippen LogP contribution in [0.3, 0.4) is 0 Å². The zero-order valence-electron chi connectivity index (χ0n) is 16.1. The van der Waals surface area contributed by atoms with Gasteiger partial charge in [-0.2, -0.15) is 0 Å². The van der Waals surface area contributed by atoms with Crippen LogP contribution in [0.1, 0.15) is 41.7 Å². The molecular formula is C23H27FN2O2. The number of carbonyl (C=O) groups excluding carboxylic acids is 1. The summed E-state index contributed by atoms with van der Waals surface area (Å²) in [5, 5.41) is 0. The molecule has 28 heavy (non-hydrogen) atoms. The first-order valence-electron chi connectivity index (χ1n) is 10.2. The van der Waals surface area contributed by atoms with Crippen LogP contribution in [0.25, 0.3) is 0 Å². The van der Waals surface area contributed by atoms with Crippen LogP contribution in [0.4, 0.5) is 4.39 Å². The second-order valence-electron chi connectivity index (χ2n) is 7.99. The summed E-state index contributed by atoms with van der Waals surface area (Å²) < 4.78 is 18.7. The molecular weight excluding hydrogens is 355 g/mol. The van der Waals surface area contributed by atoms with Crippen molar-refractivity contribution in [2.75, 3.05) is 26.3 Å². The highest BCUT2D eigenvalue weighted by atomic mass is 19.1. The van der Waals surface area contributed by atoms with Crippen molar-refractivity contribution in [2.45, 2.75) is 32.2 Å². The number of halogens is 1.